The van der Waals surface area contributed by atoms with Crippen LogP contribution in [0, 0.1) is 0 Å². The molecule has 1 amide bonds. The van der Waals surface area contributed by atoms with Gasteiger partial charge in [-0.05, 0) is 19.1 Å². The van der Waals surface area contributed by atoms with Gasteiger partial charge in [0.2, 0.25) is 5.82 Å². The Balaban J connectivity index is 0.00000225. The SMILES string of the molecule is C[C@@H]1CNCCN1C(=O)c1ccc(-c2noc(C(F)(F)F)n2)cc1.Cl. The molecule has 0 unspecified atom stereocenters. The first-order valence-electron chi connectivity index (χ1n) is 7.39. The number of nitrogens with one attached hydrogen (secondary N) is 1. The molecule has 136 valence electrons. The van der Waals surface area contributed by atoms with Crippen LogP contribution in [0.5, 0.6) is 0 Å². The summed E-state index contributed by atoms with van der Waals surface area (Å²) in [6, 6.07) is 6.19. The molecule has 0 bridgehead atoms. The number of carbonyl (C=O) groups excluding carboxylic acids is 1. The minimum absolute atomic E-state index is 0. The van der Waals surface area contributed by atoms with Crippen LogP contribution in [-0.4, -0.2) is 46.6 Å². The second kappa shape index (κ2) is 7.40. The van der Waals surface area contributed by atoms with Crippen LogP contribution in [0.1, 0.15) is 23.2 Å². The van der Waals surface area contributed by atoms with E-state index in [4.69, 9.17) is 0 Å². The molecule has 0 spiro atoms. The van der Waals surface area contributed by atoms with Gasteiger partial charge in [0.25, 0.3) is 5.91 Å². The van der Waals surface area contributed by atoms with Gasteiger partial charge in [0.1, 0.15) is 0 Å². The molecule has 1 aliphatic heterocycles. The van der Waals surface area contributed by atoms with Crippen LogP contribution in [-0.2, 0) is 6.18 Å². The summed E-state index contributed by atoms with van der Waals surface area (Å²) in [4.78, 5) is 17.6. The maximum Gasteiger partial charge on any atom is 0.471 e. The largest absolute Gasteiger partial charge is 0.471 e. The molecule has 1 aromatic heterocycles. The van der Waals surface area contributed by atoms with Crippen molar-refractivity contribution in [3.05, 3.63) is 35.7 Å². The van der Waals surface area contributed by atoms with E-state index in [9.17, 15) is 18.0 Å². The van der Waals surface area contributed by atoms with Crippen molar-refractivity contribution in [3.8, 4) is 11.4 Å². The zero-order valence-electron chi connectivity index (χ0n) is 13.2. The molecule has 1 atom stereocenters. The van der Waals surface area contributed by atoms with E-state index in [1.165, 1.54) is 12.1 Å². The van der Waals surface area contributed by atoms with Gasteiger partial charge in [-0.15, -0.1) is 12.4 Å². The molecule has 10 heteroatoms. The average molecular weight is 377 g/mol. The van der Waals surface area contributed by atoms with Crippen molar-refractivity contribution in [1.29, 1.82) is 0 Å². The van der Waals surface area contributed by atoms with E-state index in [-0.39, 0.29) is 30.2 Å². The lowest BCUT2D eigenvalue weighted by Crippen LogP contribution is -2.52. The molecule has 25 heavy (non-hydrogen) atoms. The van der Waals surface area contributed by atoms with Gasteiger partial charge in [-0.2, -0.15) is 18.2 Å². The summed E-state index contributed by atoms with van der Waals surface area (Å²) < 4.78 is 41.6. The van der Waals surface area contributed by atoms with Gasteiger partial charge < -0.3 is 14.7 Å². The molecule has 1 fully saturated rings. The van der Waals surface area contributed by atoms with Crippen molar-refractivity contribution in [1.82, 2.24) is 20.4 Å². The Bertz CT molecular complexity index is 733. The summed E-state index contributed by atoms with van der Waals surface area (Å²) in [5, 5.41) is 6.52. The topological polar surface area (TPSA) is 71.3 Å². The van der Waals surface area contributed by atoms with E-state index in [1.807, 2.05) is 6.92 Å². The number of halogens is 4. The van der Waals surface area contributed by atoms with Crippen molar-refractivity contribution in [2.45, 2.75) is 19.1 Å². The first kappa shape index (κ1) is 19.2. The van der Waals surface area contributed by atoms with Crippen LogP contribution in [0.3, 0.4) is 0 Å². The molecular weight excluding hydrogens is 361 g/mol. The Morgan fingerprint density at radius 3 is 2.56 bits per heavy atom. The highest BCUT2D eigenvalue weighted by molar-refractivity contribution is 5.95. The third kappa shape index (κ3) is 4.10. The number of carbonyl (C=O) groups is 1. The van der Waals surface area contributed by atoms with E-state index < -0.39 is 12.1 Å². The van der Waals surface area contributed by atoms with E-state index in [2.05, 4.69) is 20.0 Å². The molecule has 1 aliphatic rings. The zero-order valence-corrected chi connectivity index (χ0v) is 14.0. The minimum Gasteiger partial charge on any atom is -0.333 e. The maximum atomic E-state index is 12.5. The van der Waals surface area contributed by atoms with Crippen LogP contribution < -0.4 is 5.32 Å². The number of aromatic nitrogens is 2. The number of amides is 1. The third-order valence-corrected chi connectivity index (χ3v) is 3.82. The van der Waals surface area contributed by atoms with Gasteiger partial charge in [0.05, 0.1) is 0 Å². The molecule has 2 heterocycles. The zero-order chi connectivity index (χ0) is 17.3. The molecule has 1 aromatic carbocycles. The van der Waals surface area contributed by atoms with E-state index >= 15 is 0 Å². The predicted octanol–water partition coefficient (Wildman–Crippen LogP) is 2.61. The van der Waals surface area contributed by atoms with Gasteiger partial charge in [-0.25, -0.2) is 0 Å². The normalized spacial score (nSPS) is 17.9. The Labute approximate surface area is 147 Å². The molecule has 2 aromatic rings. The van der Waals surface area contributed by atoms with Gasteiger partial charge in [0.15, 0.2) is 0 Å². The van der Waals surface area contributed by atoms with E-state index in [0.29, 0.717) is 17.7 Å². The maximum absolute atomic E-state index is 12.5. The summed E-state index contributed by atoms with van der Waals surface area (Å²) >= 11 is 0. The van der Waals surface area contributed by atoms with Gasteiger partial charge in [-0.3, -0.25) is 4.79 Å². The van der Waals surface area contributed by atoms with Crippen LogP contribution in [0.15, 0.2) is 28.8 Å². The Kier molecular flexibility index (Phi) is 5.69. The molecular formula is C15H16ClF3N4O2. The average Bonchev–Trinajstić information content (AvgIpc) is 3.05. The molecule has 1 N–H and O–H groups in total. The van der Waals surface area contributed by atoms with Crippen LogP contribution >= 0.6 is 12.4 Å². The van der Waals surface area contributed by atoms with Crippen molar-refractivity contribution in [2.75, 3.05) is 19.6 Å². The summed E-state index contributed by atoms with van der Waals surface area (Å²) in [5.41, 5.74) is 0.811. The predicted molar refractivity (Wildman–Crippen MR) is 85.4 cm³/mol. The molecule has 3 rings (SSSR count). The number of alkyl halides is 3. The van der Waals surface area contributed by atoms with Gasteiger partial charge in [-0.1, -0.05) is 17.3 Å². The minimum atomic E-state index is -4.68. The summed E-state index contributed by atoms with van der Waals surface area (Å²) in [6.45, 7) is 4.03. The Hall–Kier alpha value is -2.13. The molecule has 6 nitrogen and oxygen atoms in total. The fraction of sp³-hybridized carbons (Fsp3) is 0.400. The quantitative estimate of drug-likeness (QED) is 0.872. The highest BCUT2D eigenvalue weighted by Crippen LogP contribution is 2.29. The molecule has 0 aliphatic carbocycles. The highest BCUT2D eigenvalue weighted by Gasteiger charge is 2.38. The van der Waals surface area contributed by atoms with Crippen molar-refractivity contribution < 1.29 is 22.5 Å². The lowest BCUT2D eigenvalue weighted by atomic mass is 10.1. The highest BCUT2D eigenvalue weighted by atomic mass is 35.5. The number of nitrogens with zero attached hydrogens (tertiary/aromatic N) is 3. The van der Waals surface area contributed by atoms with Crippen molar-refractivity contribution in [3.63, 3.8) is 0 Å². The van der Waals surface area contributed by atoms with Crippen LogP contribution in [0.4, 0.5) is 13.2 Å². The second-order valence-electron chi connectivity index (χ2n) is 5.55. The fourth-order valence-electron chi connectivity index (χ4n) is 2.53. The first-order valence-corrected chi connectivity index (χ1v) is 7.39. The first-order chi connectivity index (χ1) is 11.4. The standard InChI is InChI=1S/C15H15F3N4O2.ClH/c1-9-8-19-6-7-22(9)13(23)11-4-2-10(3-5-11)12-20-14(24-21-12)15(16,17)18;/h2-5,9,19H,6-8H2,1H3;1H/t9-;/m1./s1. The van der Waals surface area contributed by atoms with Crippen molar-refractivity contribution >= 4 is 18.3 Å². The summed E-state index contributed by atoms with van der Waals surface area (Å²) in [6.07, 6.45) is -4.68. The lowest BCUT2D eigenvalue weighted by Gasteiger charge is -2.34. The summed E-state index contributed by atoms with van der Waals surface area (Å²) in [5.74, 6) is -1.68. The van der Waals surface area contributed by atoms with Crippen molar-refractivity contribution in [2.24, 2.45) is 0 Å². The van der Waals surface area contributed by atoms with E-state index in [0.717, 1.165) is 13.1 Å². The smallest absolute Gasteiger partial charge is 0.333 e. The van der Waals surface area contributed by atoms with Crippen LogP contribution in [0.2, 0.25) is 0 Å². The molecule has 1 saturated heterocycles. The number of rotatable bonds is 2. The third-order valence-electron chi connectivity index (χ3n) is 3.82. The second-order valence-corrected chi connectivity index (χ2v) is 5.55. The number of hydrogen-bond donors (Lipinski definition) is 1. The number of hydrogen-bond acceptors (Lipinski definition) is 5. The molecule has 0 saturated carbocycles. The Morgan fingerprint density at radius 1 is 1.32 bits per heavy atom. The lowest BCUT2D eigenvalue weighted by molar-refractivity contribution is -0.159. The fourth-order valence-corrected chi connectivity index (χ4v) is 2.53. The van der Waals surface area contributed by atoms with E-state index in [1.54, 1.807) is 17.0 Å². The summed E-state index contributed by atoms with van der Waals surface area (Å²) in [7, 11) is 0. The van der Waals surface area contributed by atoms with Gasteiger partial charge in [0, 0.05) is 36.8 Å². The number of piperazine rings is 1. The van der Waals surface area contributed by atoms with Crippen LogP contribution in [0.25, 0.3) is 11.4 Å². The Morgan fingerprint density at radius 2 is 2.00 bits per heavy atom. The number of benzene rings is 1. The monoisotopic (exact) mass is 376 g/mol. The van der Waals surface area contributed by atoms with Gasteiger partial charge >= 0.3 is 12.1 Å². The molecule has 0 radical (unpaired) electrons.